The van der Waals surface area contributed by atoms with Crippen molar-refractivity contribution in [2.75, 3.05) is 11.9 Å². The largest absolute Gasteiger partial charge is 0.465 e. The van der Waals surface area contributed by atoms with Crippen molar-refractivity contribution in [3.63, 3.8) is 0 Å². The maximum Gasteiger partial charge on any atom is 0.357 e. The number of nitrogens with zero attached hydrogens (tertiary/aromatic N) is 4. The Kier molecular flexibility index (Phi) is 6.61. The fourth-order valence-corrected chi connectivity index (χ4v) is 3.08. The predicted octanol–water partition coefficient (Wildman–Crippen LogP) is 4.07. The highest BCUT2D eigenvalue weighted by Gasteiger charge is 2.22. The van der Waals surface area contributed by atoms with Crippen LogP contribution in [0.25, 0.3) is 23.2 Å². The normalized spacial score (nSPS) is 11.3. The Balaban J connectivity index is 1.54. The first kappa shape index (κ1) is 22.0. The molecule has 0 aliphatic carbocycles. The van der Waals surface area contributed by atoms with Gasteiger partial charge in [0.05, 0.1) is 6.26 Å². The number of aromatic nitrogens is 4. The van der Waals surface area contributed by atoms with Gasteiger partial charge in [-0.1, -0.05) is 48.0 Å². The molecule has 2 aromatic carbocycles. The third kappa shape index (κ3) is 5.34. The highest BCUT2D eigenvalue weighted by Crippen LogP contribution is 2.22. The molecule has 0 unspecified atom stereocenters. The van der Waals surface area contributed by atoms with Crippen LogP contribution in [0.5, 0.6) is 0 Å². The van der Waals surface area contributed by atoms with Gasteiger partial charge in [-0.05, 0) is 47.2 Å². The lowest BCUT2D eigenvalue weighted by atomic mass is 10.2. The maximum atomic E-state index is 13.0. The second-order valence-electron chi connectivity index (χ2n) is 6.91. The number of rotatable bonds is 7. The summed E-state index contributed by atoms with van der Waals surface area (Å²) in [5.74, 6) is -0.632. The zero-order valence-corrected chi connectivity index (χ0v) is 18.2. The van der Waals surface area contributed by atoms with Crippen LogP contribution in [0.1, 0.15) is 11.3 Å². The Labute approximate surface area is 193 Å². The molecule has 4 aromatic rings. The number of nitrogens with one attached hydrogen (secondary N) is 1. The van der Waals surface area contributed by atoms with E-state index >= 15 is 0 Å². The Bertz CT molecular complexity index is 1300. The SMILES string of the molecule is Cc1ccc(NC(=O)COC(=O)/C(=C/c2ccco2)n2nnnc2-c2ccccc2)cc1Cl. The number of hydrogen-bond acceptors (Lipinski definition) is 7. The molecule has 9 nitrogen and oxygen atoms in total. The fraction of sp³-hybridized carbons (Fsp3) is 0.0870. The van der Waals surface area contributed by atoms with Gasteiger partial charge in [0.25, 0.3) is 5.91 Å². The summed E-state index contributed by atoms with van der Waals surface area (Å²) < 4.78 is 11.8. The van der Waals surface area contributed by atoms with Gasteiger partial charge in [-0.3, -0.25) is 4.79 Å². The summed E-state index contributed by atoms with van der Waals surface area (Å²) in [4.78, 5) is 25.3. The smallest absolute Gasteiger partial charge is 0.357 e. The number of benzene rings is 2. The Morgan fingerprint density at radius 2 is 1.97 bits per heavy atom. The third-order valence-electron chi connectivity index (χ3n) is 4.55. The molecule has 0 aliphatic heterocycles. The van der Waals surface area contributed by atoms with E-state index in [1.54, 1.807) is 42.5 Å². The minimum Gasteiger partial charge on any atom is -0.465 e. The summed E-state index contributed by atoms with van der Waals surface area (Å²) in [6.07, 6.45) is 2.90. The molecule has 33 heavy (non-hydrogen) atoms. The number of amides is 1. The van der Waals surface area contributed by atoms with E-state index in [1.165, 1.54) is 17.0 Å². The van der Waals surface area contributed by atoms with E-state index in [1.807, 2.05) is 25.1 Å². The summed E-state index contributed by atoms with van der Waals surface area (Å²) in [5, 5.41) is 14.8. The van der Waals surface area contributed by atoms with Gasteiger partial charge in [-0.2, -0.15) is 4.68 Å². The lowest BCUT2D eigenvalue weighted by molar-refractivity contribution is -0.141. The molecule has 0 saturated carbocycles. The first-order valence-corrected chi connectivity index (χ1v) is 10.2. The second kappa shape index (κ2) is 9.92. The Hall–Kier alpha value is -4.24. The minimum atomic E-state index is -0.812. The van der Waals surface area contributed by atoms with Crippen LogP contribution < -0.4 is 5.32 Å². The standard InChI is InChI=1S/C23H18ClN5O4/c1-15-9-10-17(12-19(15)24)25-21(30)14-33-23(31)20(13-18-8-5-11-32-18)29-22(26-27-28-29)16-6-3-2-4-7-16/h2-13H,14H2,1H3,(H,25,30)/b20-13-. The number of furan rings is 1. The van der Waals surface area contributed by atoms with Crippen molar-refractivity contribution < 1.29 is 18.7 Å². The van der Waals surface area contributed by atoms with E-state index in [0.717, 1.165) is 5.56 Å². The number of esters is 1. The molecule has 2 heterocycles. The van der Waals surface area contributed by atoms with Crippen molar-refractivity contribution in [3.05, 3.63) is 83.3 Å². The summed E-state index contributed by atoms with van der Waals surface area (Å²) in [6.45, 7) is 1.33. The summed E-state index contributed by atoms with van der Waals surface area (Å²) in [6, 6.07) is 17.5. The number of carbonyl (C=O) groups is 2. The molecule has 0 fully saturated rings. The zero-order valence-electron chi connectivity index (χ0n) is 17.4. The van der Waals surface area contributed by atoms with Gasteiger partial charge < -0.3 is 14.5 Å². The summed E-state index contributed by atoms with van der Waals surface area (Å²) in [7, 11) is 0. The molecule has 2 aromatic heterocycles. The van der Waals surface area contributed by atoms with Gasteiger partial charge in [-0.15, -0.1) is 5.10 Å². The zero-order chi connectivity index (χ0) is 23.2. The van der Waals surface area contributed by atoms with E-state index in [2.05, 4.69) is 20.8 Å². The monoisotopic (exact) mass is 463 g/mol. The van der Waals surface area contributed by atoms with Crippen molar-refractivity contribution in [1.29, 1.82) is 0 Å². The Morgan fingerprint density at radius 3 is 2.70 bits per heavy atom. The first-order valence-electron chi connectivity index (χ1n) is 9.84. The number of carbonyl (C=O) groups excluding carboxylic acids is 2. The quantitative estimate of drug-likeness (QED) is 0.324. The van der Waals surface area contributed by atoms with Gasteiger partial charge in [0.1, 0.15) is 5.76 Å². The molecule has 0 bridgehead atoms. The van der Waals surface area contributed by atoms with Crippen molar-refractivity contribution in [3.8, 4) is 11.4 Å². The molecule has 10 heteroatoms. The maximum absolute atomic E-state index is 13.0. The molecule has 166 valence electrons. The molecule has 1 N–H and O–H groups in total. The average molecular weight is 464 g/mol. The number of hydrogen-bond donors (Lipinski definition) is 1. The van der Waals surface area contributed by atoms with Crippen LogP contribution >= 0.6 is 11.6 Å². The molecule has 0 radical (unpaired) electrons. The lowest BCUT2D eigenvalue weighted by Gasteiger charge is -2.10. The molecular formula is C23H18ClN5O4. The van der Waals surface area contributed by atoms with Gasteiger partial charge >= 0.3 is 5.97 Å². The van der Waals surface area contributed by atoms with E-state index in [0.29, 0.717) is 27.9 Å². The van der Waals surface area contributed by atoms with E-state index in [4.69, 9.17) is 20.8 Å². The molecule has 0 saturated heterocycles. The highest BCUT2D eigenvalue weighted by molar-refractivity contribution is 6.31. The molecule has 4 rings (SSSR count). The number of tetrazole rings is 1. The summed E-state index contributed by atoms with van der Waals surface area (Å²) >= 11 is 6.08. The number of halogens is 1. The number of ether oxygens (including phenoxy) is 1. The fourth-order valence-electron chi connectivity index (χ4n) is 2.90. The topological polar surface area (TPSA) is 112 Å². The van der Waals surface area contributed by atoms with E-state index in [9.17, 15) is 9.59 Å². The van der Waals surface area contributed by atoms with Gasteiger partial charge in [-0.25, -0.2) is 4.79 Å². The Morgan fingerprint density at radius 1 is 1.15 bits per heavy atom. The predicted molar refractivity (Wildman–Crippen MR) is 122 cm³/mol. The number of anilines is 1. The minimum absolute atomic E-state index is 0.0278. The molecule has 0 spiro atoms. The summed E-state index contributed by atoms with van der Waals surface area (Å²) in [5.41, 5.74) is 2.03. The van der Waals surface area contributed by atoms with Crippen LogP contribution in [-0.2, 0) is 14.3 Å². The van der Waals surface area contributed by atoms with Crippen LogP contribution in [0.2, 0.25) is 5.02 Å². The first-order chi connectivity index (χ1) is 16.0. The average Bonchev–Trinajstić information content (AvgIpc) is 3.51. The molecule has 0 aliphatic rings. The molecular weight excluding hydrogens is 446 g/mol. The van der Waals surface area contributed by atoms with Gasteiger partial charge in [0, 0.05) is 22.3 Å². The molecule has 0 atom stereocenters. The van der Waals surface area contributed by atoms with E-state index < -0.39 is 18.5 Å². The number of aryl methyl sites for hydroxylation is 1. The van der Waals surface area contributed by atoms with Crippen LogP contribution in [0, 0.1) is 6.92 Å². The van der Waals surface area contributed by atoms with Crippen LogP contribution in [-0.4, -0.2) is 38.7 Å². The van der Waals surface area contributed by atoms with Crippen LogP contribution in [0.15, 0.2) is 71.3 Å². The van der Waals surface area contributed by atoms with Crippen LogP contribution in [0.3, 0.4) is 0 Å². The van der Waals surface area contributed by atoms with Crippen molar-refractivity contribution in [1.82, 2.24) is 20.2 Å². The van der Waals surface area contributed by atoms with Gasteiger partial charge in [0.2, 0.25) is 0 Å². The van der Waals surface area contributed by atoms with E-state index in [-0.39, 0.29) is 5.70 Å². The highest BCUT2D eigenvalue weighted by atomic mass is 35.5. The van der Waals surface area contributed by atoms with Gasteiger partial charge in [0.15, 0.2) is 18.1 Å². The van der Waals surface area contributed by atoms with Crippen molar-refractivity contribution in [2.24, 2.45) is 0 Å². The van der Waals surface area contributed by atoms with Crippen molar-refractivity contribution in [2.45, 2.75) is 6.92 Å². The lowest BCUT2D eigenvalue weighted by Crippen LogP contribution is -2.23. The van der Waals surface area contributed by atoms with Crippen LogP contribution in [0.4, 0.5) is 5.69 Å². The van der Waals surface area contributed by atoms with Crippen molar-refractivity contribution >= 4 is 40.9 Å². The second-order valence-corrected chi connectivity index (χ2v) is 7.32. The third-order valence-corrected chi connectivity index (χ3v) is 4.96. The molecule has 1 amide bonds.